The molecule has 0 saturated carbocycles. The number of nitrogens with zero attached hydrogens (tertiary/aromatic N) is 1. The van der Waals surface area contributed by atoms with Crippen molar-refractivity contribution in [2.75, 3.05) is 25.6 Å². The molecule has 4 N–H and O–H groups in total. The van der Waals surface area contributed by atoms with Crippen LogP contribution in [0.1, 0.15) is 15.9 Å². The Kier molecular flexibility index (Phi) is 4.70. The van der Waals surface area contributed by atoms with Crippen molar-refractivity contribution in [1.82, 2.24) is 10.3 Å². The normalized spacial score (nSPS) is 15.2. The molecule has 4 rings (SSSR count). The predicted octanol–water partition coefficient (Wildman–Crippen LogP) is 3.59. The molecular formula is C20H18BrN3O4. The van der Waals surface area contributed by atoms with Gasteiger partial charge in [0.05, 0.1) is 35.6 Å². The number of aromatic nitrogens is 1. The molecule has 8 heteroatoms. The zero-order valence-corrected chi connectivity index (χ0v) is 16.6. The van der Waals surface area contributed by atoms with Gasteiger partial charge in [0.1, 0.15) is 11.3 Å². The van der Waals surface area contributed by atoms with Crippen LogP contribution in [0.4, 0.5) is 11.4 Å². The number of aromatic hydroxyl groups is 1. The highest BCUT2D eigenvalue weighted by atomic mass is 79.9. The number of phenols is 1. The Balaban J connectivity index is 1.96. The van der Waals surface area contributed by atoms with Crippen LogP contribution in [0.3, 0.4) is 0 Å². The minimum atomic E-state index is -1.21. The molecule has 1 aliphatic heterocycles. The summed E-state index contributed by atoms with van der Waals surface area (Å²) in [6.07, 6.45) is 1.78. The van der Waals surface area contributed by atoms with Crippen molar-refractivity contribution < 1.29 is 19.7 Å². The van der Waals surface area contributed by atoms with Crippen molar-refractivity contribution in [1.29, 1.82) is 0 Å². The molecule has 0 spiro atoms. The molecule has 7 nitrogen and oxygen atoms in total. The summed E-state index contributed by atoms with van der Waals surface area (Å²) in [7, 11) is 1.86. The number of nitrogens with one attached hydrogen (secondary N) is 2. The van der Waals surface area contributed by atoms with E-state index in [1.807, 2.05) is 25.2 Å². The van der Waals surface area contributed by atoms with Crippen molar-refractivity contribution in [3.63, 3.8) is 0 Å². The van der Waals surface area contributed by atoms with Crippen LogP contribution in [0.25, 0.3) is 10.9 Å². The fourth-order valence-electron chi connectivity index (χ4n) is 3.41. The number of carboxylic acid groups (broad SMARTS) is 1. The maximum atomic E-state index is 11.7. The molecule has 2 aromatic carbocycles. The van der Waals surface area contributed by atoms with E-state index < -0.39 is 11.5 Å². The molecule has 28 heavy (non-hydrogen) atoms. The monoisotopic (exact) mass is 443 g/mol. The van der Waals surface area contributed by atoms with E-state index in [9.17, 15) is 15.0 Å². The molecule has 1 aliphatic rings. The number of rotatable bonds is 5. The van der Waals surface area contributed by atoms with Gasteiger partial charge in [0.15, 0.2) is 0 Å². The van der Waals surface area contributed by atoms with Crippen LogP contribution in [-0.2, 0) is 10.3 Å². The van der Waals surface area contributed by atoms with E-state index in [4.69, 9.17) is 4.74 Å². The number of anilines is 2. The van der Waals surface area contributed by atoms with Gasteiger partial charge in [-0.1, -0.05) is 22.0 Å². The van der Waals surface area contributed by atoms with Crippen LogP contribution in [-0.4, -0.2) is 41.4 Å². The molecule has 0 atom stereocenters. The lowest BCUT2D eigenvalue weighted by Gasteiger charge is -2.42. The van der Waals surface area contributed by atoms with Crippen molar-refractivity contribution in [3.05, 3.63) is 58.2 Å². The van der Waals surface area contributed by atoms with Crippen molar-refractivity contribution >= 4 is 44.2 Å². The molecule has 0 amide bonds. The molecule has 2 heterocycles. The lowest BCUT2D eigenvalue weighted by Crippen LogP contribution is -2.56. The molecule has 0 bridgehead atoms. The van der Waals surface area contributed by atoms with Gasteiger partial charge >= 0.3 is 5.97 Å². The summed E-state index contributed by atoms with van der Waals surface area (Å²) < 4.78 is 6.32. The van der Waals surface area contributed by atoms with E-state index >= 15 is 0 Å². The number of benzene rings is 2. The highest BCUT2D eigenvalue weighted by Gasteiger charge is 2.41. The number of likely N-dealkylation sites (N-methyl/N-ethyl adjacent to an activating group) is 1. The minimum absolute atomic E-state index is 0.184. The summed E-state index contributed by atoms with van der Waals surface area (Å²) in [6.45, 7) is 0.955. The molecular weight excluding hydrogens is 426 g/mol. The number of halogens is 1. The molecule has 144 valence electrons. The number of carboxylic acids is 1. The second-order valence-corrected chi connectivity index (χ2v) is 7.58. The second-order valence-electron chi connectivity index (χ2n) is 6.66. The van der Waals surface area contributed by atoms with E-state index in [1.54, 1.807) is 18.3 Å². The number of aromatic carboxylic acids is 1. The number of fused-ring (bicyclic) bond motifs is 1. The zero-order valence-electron chi connectivity index (χ0n) is 15.0. The zero-order chi connectivity index (χ0) is 19.9. The smallest absolute Gasteiger partial charge is 0.341 e. The Bertz CT molecular complexity index is 1080. The van der Waals surface area contributed by atoms with E-state index in [0.717, 1.165) is 26.6 Å². The van der Waals surface area contributed by atoms with Gasteiger partial charge in [0, 0.05) is 21.6 Å². The molecule has 0 radical (unpaired) electrons. The second kappa shape index (κ2) is 7.05. The van der Waals surface area contributed by atoms with E-state index in [2.05, 4.69) is 31.5 Å². The number of hydrogen-bond donors (Lipinski definition) is 4. The number of carbonyl (C=O) groups is 1. The van der Waals surface area contributed by atoms with Gasteiger partial charge in [-0.05, 0) is 37.4 Å². The first-order valence-electron chi connectivity index (χ1n) is 8.63. The van der Waals surface area contributed by atoms with Gasteiger partial charge in [-0.25, -0.2) is 4.79 Å². The third kappa shape index (κ3) is 2.99. The van der Waals surface area contributed by atoms with Crippen molar-refractivity contribution in [3.8, 4) is 5.75 Å². The van der Waals surface area contributed by atoms with Crippen LogP contribution in [0.15, 0.2) is 47.1 Å². The minimum Gasteiger partial charge on any atom is -0.507 e. The summed E-state index contributed by atoms with van der Waals surface area (Å²) >= 11 is 3.49. The van der Waals surface area contributed by atoms with E-state index in [0.29, 0.717) is 18.9 Å². The largest absolute Gasteiger partial charge is 0.507 e. The van der Waals surface area contributed by atoms with Gasteiger partial charge in [0.2, 0.25) is 0 Å². The SMILES string of the molecule is CNC1(c2cnc3ccc(Br)cc3c2Nc2cccc(O)c2C(=O)O)COC1. The lowest BCUT2D eigenvalue weighted by molar-refractivity contribution is -0.0744. The quantitative estimate of drug-likeness (QED) is 0.477. The Morgan fingerprint density at radius 3 is 2.71 bits per heavy atom. The topological polar surface area (TPSA) is 104 Å². The summed E-state index contributed by atoms with van der Waals surface area (Å²) in [5.74, 6) is -1.51. The number of pyridine rings is 1. The van der Waals surface area contributed by atoms with Gasteiger partial charge in [0.25, 0.3) is 0 Å². The Morgan fingerprint density at radius 1 is 1.29 bits per heavy atom. The summed E-state index contributed by atoms with van der Waals surface area (Å²) in [4.78, 5) is 16.3. The fourth-order valence-corrected chi connectivity index (χ4v) is 3.77. The van der Waals surface area contributed by atoms with Crippen molar-refractivity contribution in [2.45, 2.75) is 5.54 Å². The summed E-state index contributed by atoms with van der Waals surface area (Å²) in [6, 6.07) is 10.3. The highest BCUT2D eigenvalue weighted by molar-refractivity contribution is 9.10. The number of hydrogen-bond acceptors (Lipinski definition) is 6. The fraction of sp³-hybridized carbons (Fsp3) is 0.200. The van der Waals surface area contributed by atoms with Crippen LogP contribution < -0.4 is 10.6 Å². The van der Waals surface area contributed by atoms with Gasteiger partial charge < -0.3 is 25.6 Å². The summed E-state index contributed by atoms with van der Waals surface area (Å²) in [5, 5.41) is 27.0. The molecule has 3 aromatic rings. The third-order valence-electron chi connectivity index (χ3n) is 5.04. The van der Waals surface area contributed by atoms with Gasteiger partial charge in [-0.2, -0.15) is 0 Å². The van der Waals surface area contributed by atoms with Gasteiger partial charge in [-0.3, -0.25) is 4.98 Å². The van der Waals surface area contributed by atoms with Crippen LogP contribution in [0.5, 0.6) is 5.75 Å². The lowest BCUT2D eigenvalue weighted by atomic mass is 9.86. The Labute approximate surface area is 169 Å². The number of ether oxygens (including phenoxy) is 1. The van der Waals surface area contributed by atoms with Crippen LogP contribution in [0.2, 0.25) is 0 Å². The molecule has 1 aromatic heterocycles. The average molecular weight is 444 g/mol. The van der Waals surface area contributed by atoms with E-state index in [1.165, 1.54) is 6.07 Å². The summed E-state index contributed by atoms with van der Waals surface area (Å²) in [5.41, 5.74) is 2.04. The van der Waals surface area contributed by atoms with Crippen LogP contribution >= 0.6 is 15.9 Å². The highest BCUT2D eigenvalue weighted by Crippen LogP contribution is 2.40. The first-order chi connectivity index (χ1) is 13.4. The molecule has 0 unspecified atom stereocenters. The van der Waals surface area contributed by atoms with Crippen molar-refractivity contribution in [2.24, 2.45) is 0 Å². The Hall–Kier alpha value is -2.68. The standard InChI is InChI=1S/C20H18BrN3O4/c1-22-20(9-28-10-20)13-8-23-14-6-5-11(21)7-12(14)18(13)24-15-3-2-4-16(25)17(15)19(26)27/h2-8,22,25H,9-10H2,1H3,(H,23,24)(H,26,27). The molecule has 0 aliphatic carbocycles. The maximum Gasteiger partial charge on any atom is 0.341 e. The predicted molar refractivity (Wildman–Crippen MR) is 109 cm³/mol. The van der Waals surface area contributed by atoms with E-state index in [-0.39, 0.29) is 11.3 Å². The average Bonchev–Trinajstić information content (AvgIpc) is 2.62. The molecule has 1 saturated heterocycles. The third-order valence-corrected chi connectivity index (χ3v) is 5.53. The maximum absolute atomic E-state index is 11.7. The van der Waals surface area contributed by atoms with Gasteiger partial charge in [-0.15, -0.1) is 0 Å². The Morgan fingerprint density at radius 2 is 2.07 bits per heavy atom. The first-order valence-corrected chi connectivity index (χ1v) is 9.42. The van der Waals surface area contributed by atoms with Crippen LogP contribution in [0, 0.1) is 0 Å². The molecule has 1 fully saturated rings. The first kappa shape index (κ1) is 18.7.